The quantitative estimate of drug-likeness (QED) is 0.0725. The molecule has 16 nitrogen and oxygen atoms in total. The van der Waals surface area contributed by atoms with Crippen LogP contribution in [0.5, 0.6) is 5.75 Å². The van der Waals surface area contributed by atoms with Crippen LogP contribution >= 0.6 is 0 Å². The molecule has 1 aromatic heterocycles. The number of aromatic nitrogens is 1. The molecule has 1 aliphatic rings. The topological polar surface area (TPSA) is 263 Å². The molecule has 284 valence electrons. The van der Waals surface area contributed by atoms with E-state index in [1.165, 1.54) is 18.2 Å². The molecule has 4 atom stereocenters. The van der Waals surface area contributed by atoms with E-state index >= 15 is 0 Å². The molecule has 1 fully saturated rings. The van der Waals surface area contributed by atoms with Crippen LogP contribution in [0, 0.1) is 0 Å². The summed E-state index contributed by atoms with van der Waals surface area (Å²) >= 11 is 0. The maximum atomic E-state index is 14.0. The Bertz CT molecular complexity index is 1980. The molecule has 0 radical (unpaired) electrons. The Balaban J connectivity index is 1.47. The van der Waals surface area contributed by atoms with Gasteiger partial charge in [0, 0.05) is 42.2 Å². The molecule has 4 aromatic rings. The summed E-state index contributed by atoms with van der Waals surface area (Å²) in [5.41, 5.74) is 14.2. The number of phenolic OH excluding ortho intramolecular Hbond substituents is 1. The summed E-state index contributed by atoms with van der Waals surface area (Å²) in [7, 11) is 0. The highest BCUT2D eigenvalue weighted by atomic mass is 16.3. The van der Waals surface area contributed by atoms with Gasteiger partial charge < -0.3 is 53.5 Å². The first-order valence-electron chi connectivity index (χ1n) is 17.7. The fourth-order valence-corrected chi connectivity index (χ4v) is 6.12. The number of phenols is 1. The molecule has 6 amide bonds. The number of nitrogens with two attached hydrogens (primary N) is 2. The van der Waals surface area contributed by atoms with Crippen molar-refractivity contribution in [1.29, 1.82) is 0 Å². The Kier molecular flexibility index (Phi) is 13.2. The molecule has 12 N–H and O–H groups in total. The number of para-hydroxylation sites is 2. The van der Waals surface area contributed by atoms with Crippen molar-refractivity contribution in [3.8, 4) is 5.75 Å². The molecule has 3 aromatic carbocycles. The maximum absolute atomic E-state index is 14.0. The zero-order chi connectivity index (χ0) is 38.6. The summed E-state index contributed by atoms with van der Waals surface area (Å²) in [6, 6.07) is 14.7. The van der Waals surface area contributed by atoms with Gasteiger partial charge in [-0.1, -0.05) is 42.5 Å². The van der Waals surface area contributed by atoms with Gasteiger partial charge in [0.2, 0.25) is 29.5 Å². The second-order valence-corrected chi connectivity index (χ2v) is 13.0. The Morgan fingerprint density at radius 1 is 0.741 bits per heavy atom. The van der Waals surface area contributed by atoms with E-state index in [0.29, 0.717) is 24.9 Å². The third kappa shape index (κ3) is 10.3. The molecule has 16 heteroatoms. The van der Waals surface area contributed by atoms with E-state index in [-0.39, 0.29) is 36.3 Å². The normalized spacial score (nSPS) is 20.1. The van der Waals surface area contributed by atoms with Crippen molar-refractivity contribution in [3.63, 3.8) is 0 Å². The van der Waals surface area contributed by atoms with Crippen molar-refractivity contribution in [1.82, 2.24) is 36.9 Å². The molecular weight excluding hydrogens is 694 g/mol. The second-order valence-electron chi connectivity index (χ2n) is 13.0. The van der Waals surface area contributed by atoms with Gasteiger partial charge in [-0.15, -0.1) is 0 Å². The van der Waals surface area contributed by atoms with Gasteiger partial charge in [-0.05, 0) is 67.3 Å². The van der Waals surface area contributed by atoms with Crippen LogP contribution < -0.4 is 43.4 Å². The van der Waals surface area contributed by atoms with Gasteiger partial charge in [0.25, 0.3) is 5.91 Å². The Morgan fingerprint density at radius 2 is 1.39 bits per heavy atom. The number of hydrogen-bond acceptors (Lipinski definition) is 9. The van der Waals surface area contributed by atoms with E-state index < -0.39 is 72.7 Å². The van der Waals surface area contributed by atoms with Gasteiger partial charge in [0.15, 0.2) is 0 Å². The number of rotatable bonds is 11. The van der Waals surface area contributed by atoms with E-state index in [0.717, 1.165) is 16.5 Å². The number of nitrogen functional groups attached to an aromatic ring is 1. The SMILES string of the molecule is NCCCC[C@H]1NC(=O)[C@H](Cc2c[nH]c3ccccc23)NC(=O)CNC(=O)[C@H](Cc2ccc(O)cc2)NC(=O)[C@H](CNC(=O)c2ccccc2N)NC1=O. The highest BCUT2D eigenvalue weighted by Crippen LogP contribution is 2.20. The van der Waals surface area contributed by atoms with E-state index in [9.17, 15) is 33.9 Å². The van der Waals surface area contributed by atoms with Crippen molar-refractivity contribution < 1.29 is 33.9 Å². The number of benzene rings is 3. The number of amides is 6. The number of nitrogens with one attached hydrogen (secondary N) is 7. The minimum atomic E-state index is -1.43. The average molecular weight is 740 g/mol. The lowest BCUT2D eigenvalue weighted by Gasteiger charge is -2.26. The highest BCUT2D eigenvalue weighted by Gasteiger charge is 2.33. The number of aromatic amines is 1. The lowest BCUT2D eigenvalue weighted by molar-refractivity contribution is -0.134. The number of carbonyl (C=O) groups excluding carboxylic acids is 6. The lowest BCUT2D eigenvalue weighted by atomic mass is 10.0. The van der Waals surface area contributed by atoms with Crippen LogP contribution in [0.4, 0.5) is 5.69 Å². The van der Waals surface area contributed by atoms with Gasteiger partial charge in [-0.2, -0.15) is 0 Å². The lowest BCUT2D eigenvalue weighted by Crippen LogP contribution is -2.60. The number of carbonyl (C=O) groups is 6. The minimum absolute atomic E-state index is 0.00471. The third-order valence-corrected chi connectivity index (χ3v) is 9.07. The first kappa shape index (κ1) is 38.8. The monoisotopic (exact) mass is 739 g/mol. The average Bonchev–Trinajstić information content (AvgIpc) is 3.57. The van der Waals surface area contributed by atoms with Crippen LogP contribution in [0.15, 0.2) is 79.0 Å². The van der Waals surface area contributed by atoms with Gasteiger partial charge in [-0.25, -0.2) is 0 Å². The van der Waals surface area contributed by atoms with E-state index in [1.54, 1.807) is 36.5 Å². The largest absolute Gasteiger partial charge is 0.508 e. The standard InChI is InChI=1S/C38H45N9O7/c39-16-6-5-11-29-36(52)47-32(20-42-34(50)26-8-1-3-9-27(26)40)38(54)46-30(17-22-12-14-24(48)15-13-22)35(51)43-21-33(49)44-31(37(53)45-29)18-23-19-41-28-10-4-2-7-25(23)28/h1-4,7-10,12-15,19,29-32,41,48H,5-6,11,16-18,20-21,39-40H2,(H,42,50)(H,43,51)(H,44,49)(H,45,53)(H,46,54)(H,47,52)/t29-,30+,31+,32+/m1/s1. The highest BCUT2D eigenvalue weighted by molar-refractivity contribution is 6.00. The van der Waals surface area contributed by atoms with Crippen molar-refractivity contribution in [2.24, 2.45) is 5.73 Å². The smallest absolute Gasteiger partial charge is 0.253 e. The molecule has 2 heterocycles. The van der Waals surface area contributed by atoms with Crippen LogP contribution in [-0.4, -0.2) is 89.3 Å². The summed E-state index contributed by atoms with van der Waals surface area (Å²) in [5.74, 6) is -4.26. The summed E-state index contributed by atoms with van der Waals surface area (Å²) in [6.45, 7) is -0.608. The van der Waals surface area contributed by atoms with Crippen LogP contribution in [0.3, 0.4) is 0 Å². The molecule has 1 saturated heterocycles. The Morgan fingerprint density at radius 3 is 2.15 bits per heavy atom. The van der Waals surface area contributed by atoms with Gasteiger partial charge in [0.1, 0.15) is 29.9 Å². The molecular formula is C38H45N9O7. The molecule has 0 aliphatic carbocycles. The zero-order valence-electron chi connectivity index (χ0n) is 29.5. The van der Waals surface area contributed by atoms with Gasteiger partial charge >= 0.3 is 0 Å². The van der Waals surface area contributed by atoms with Crippen molar-refractivity contribution in [3.05, 3.63) is 95.7 Å². The van der Waals surface area contributed by atoms with Crippen molar-refractivity contribution in [2.45, 2.75) is 56.3 Å². The Hall–Kier alpha value is -6.42. The Labute approximate surface area is 311 Å². The van der Waals surface area contributed by atoms with Crippen LogP contribution in [-0.2, 0) is 36.8 Å². The van der Waals surface area contributed by atoms with E-state index in [2.05, 4.69) is 36.9 Å². The molecule has 0 bridgehead atoms. The van der Waals surface area contributed by atoms with E-state index in [4.69, 9.17) is 11.5 Å². The predicted molar refractivity (Wildman–Crippen MR) is 201 cm³/mol. The third-order valence-electron chi connectivity index (χ3n) is 9.07. The fraction of sp³-hybridized carbons (Fsp3) is 0.316. The summed E-state index contributed by atoms with van der Waals surface area (Å²) < 4.78 is 0. The summed E-state index contributed by atoms with van der Waals surface area (Å²) in [4.78, 5) is 85.0. The summed E-state index contributed by atoms with van der Waals surface area (Å²) in [6.07, 6.45) is 2.86. The van der Waals surface area contributed by atoms with Crippen LogP contribution in [0.25, 0.3) is 10.9 Å². The molecule has 0 spiro atoms. The second kappa shape index (κ2) is 18.4. The number of fused-ring (bicyclic) bond motifs is 1. The van der Waals surface area contributed by atoms with Gasteiger partial charge in [0.05, 0.1) is 12.1 Å². The molecule has 5 rings (SSSR count). The predicted octanol–water partition coefficient (Wildman–Crippen LogP) is -0.131. The zero-order valence-corrected chi connectivity index (χ0v) is 29.5. The number of anilines is 1. The molecule has 54 heavy (non-hydrogen) atoms. The number of unbranched alkanes of at least 4 members (excludes halogenated alkanes) is 1. The number of hydrogen-bond donors (Lipinski definition) is 10. The fourth-order valence-electron chi connectivity index (χ4n) is 6.12. The maximum Gasteiger partial charge on any atom is 0.253 e. The first-order valence-corrected chi connectivity index (χ1v) is 17.7. The van der Waals surface area contributed by atoms with Crippen molar-refractivity contribution in [2.75, 3.05) is 25.4 Å². The minimum Gasteiger partial charge on any atom is -0.508 e. The van der Waals surface area contributed by atoms with Gasteiger partial charge in [-0.3, -0.25) is 28.8 Å². The van der Waals surface area contributed by atoms with Crippen LogP contribution in [0.1, 0.15) is 40.7 Å². The number of aromatic hydroxyl groups is 1. The van der Waals surface area contributed by atoms with Crippen LogP contribution in [0.2, 0.25) is 0 Å². The van der Waals surface area contributed by atoms with Crippen molar-refractivity contribution >= 4 is 52.0 Å². The van der Waals surface area contributed by atoms with E-state index in [1.807, 2.05) is 24.3 Å². The summed E-state index contributed by atoms with van der Waals surface area (Å²) in [5, 5.41) is 26.5. The number of H-pyrrole nitrogens is 1. The molecule has 1 aliphatic heterocycles. The molecule has 0 saturated carbocycles. The molecule has 0 unspecified atom stereocenters. The first-order chi connectivity index (χ1) is 26.0.